The number of carbonyl (C=O) groups is 1. The second-order valence-corrected chi connectivity index (χ2v) is 5.17. The Bertz CT molecular complexity index is 515. The van der Waals surface area contributed by atoms with Crippen LogP contribution < -0.4 is 4.74 Å². The van der Waals surface area contributed by atoms with Crippen LogP contribution in [0.4, 0.5) is 5.69 Å². The highest BCUT2D eigenvalue weighted by molar-refractivity contribution is 5.78. The van der Waals surface area contributed by atoms with E-state index in [-0.39, 0.29) is 24.1 Å². The third kappa shape index (κ3) is 3.91. The lowest BCUT2D eigenvalue weighted by Crippen LogP contribution is -2.34. The summed E-state index contributed by atoms with van der Waals surface area (Å²) in [6.07, 6.45) is 0.374. The van der Waals surface area contributed by atoms with Crippen molar-refractivity contribution >= 4 is 11.6 Å². The third-order valence-corrected chi connectivity index (χ3v) is 3.67. The highest BCUT2D eigenvalue weighted by atomic mass is 16.6. The van der Waals surface area contributed by atoms with Gasteiger partial charge in [-0.1, -0.05) is 0 Å². The largest absolute Gasteiger partial charge is 0.484 e. The molecule has 0 bridgehead atoms. The van der Waals surface area contributed by atoms with Crippen molar-refractivity contribution < 1.29 is 19.6 Å². The van der Waals surface area contributed by atoms with Crippen LogP contribution in [0.2, 0.25) is 0 Å². The minimum atomic E-state index is -0.491. The molecule has 1 fully saturated rings. The summed E-state index contributed by atoms with van der Waals surface area (Å²) in [7, 11) is 0. The number of nitro groups is 1. The normalized spacial score (nSPS) is 19.3. The van der Waals surface area contributed by atoms with E-state index in [1.54, 1.807) is 11.8 Å². The van der Waals surface area contributed by atoms with Gasteiger partial charge in [0.2, 0.25) is 0 Å². The molecule has 1 heterocycles. The molecule has 2 atom stereocenters. The molecule has 2 rings (SSSR count). The van der Waals surface area contributed by atoms with Gasteiger partial charge < -0.3 is 14.7 Å². The summed E-state index contributed by atoms with van der Waals surface area (Å²) in [5.41, 5.74) is -0.0204. The molecule has 0 radical (unpaired) electrons. The molecule has 0 saturated carbocycles. The van der Waals surface area contributed by atoms with E-state index < -0.39 is 11.0 Å². The second kappa shape index (κ2) is 6.53. The van der Waals surface area contributed by atoms with E-state index >= 15 is 0 Å². The molecule has 7 nitrogen and oxygen atoms in total. The van der Waals surface area contributed by atoms with Crippen LogP contribution in [-0.2, 0) is 4.79 Å². The number of amides is 1. The number of hydrogen-bond acceptors (Lipinski definition) is 5. The Hall–Kier alpha value is -2.15. The van der Waals surface area contributed by atoms with E-state index in [0.29, 0.717) is 18.8 Å². The van der Waals surface area contributed by atoms with Gasteiger partial charge in [0.25, 0.3) is 11.6 Å². The van der Waals surface area contributed by atoms with Gasteiger partial charge in [-0.2, -0.15) is 0 Å². The molecule has 1 aromatic carbocycles. The number of aliphatic hydroxyl groups excluding tert-OH is 1. The monoisotopic (exact) mass is 294 g/mol. The highest BCUT2D eigenvalue weighted by Crippen LogP contribution is 2.20. The van der Waals surface area contributed by atoms with Crippen LogP contribution >= 0.6 is 0 Å². The minimum Gasteiger partial charge on any atom is -0.484 e. The maximum atomic E-state index is 12.0. The number of likely N-dealkylation sites (tertiary alicyclic amines) is 1. The van der Waals surface area contributed by atoms with Crippen molar-refractivity contribution in [2.24, 2.45) is 5.92 Å². The molecule has 1 aliphatic rings. The Labute approximate surface area is 122 Å². The first-order chi connectivity index (χ1) is 9.97. The van der Waals surface area contributed by atoms with Crippen LogP contribution in [-0.4, -0.2) is 46.6 Å². The highest BCUT2D eigenvalue weighted by Gasteiger charge is 2.29. The van der Waals surface area contributed by atoms with E-state index in [0.717, 1.165) is 6.42 Å². The van der Waals surface area contributed by atoms with Crippen LogP contribution in [0, 0.1) is 16.0 Å². The lowest BCUT2D eigenvalue weighted by Gasteiger charge is -2.17. The molecule has 1 N–H and O–H groups in total. The number of nitro benzene ring substituents is 1. The number of nitrogens with zero attached hydrogens (tertiary/aromatic N) is 2. The number of hydrogen-bond donors (Lipinski definition) is 1. The Morgan fingerprint density at radius 1 is 1.52 bits per heavy atom. The van der Waals surface area contributed by atoms with Crippen LogP contribution in [0.15, 0.2) is 24.3 Å². The topological polar surface area (TPSA) is 92.9 Å². The Balaban J connectivity index is 1.83. The molecule has 0 aliphatic carbocycles. The maximum Gasteiger partial charge on any atom is 0.269 e. The molecule has 1 aliphatic heterocycles. The molecule has 0 spiro atoms. The lowest BCUT2D eigenvalue weighted by atomic mass is 10.0. The number of carbonyl (C=O) groups excluding carboxylic acids is 1. The Morgan fingerprint density at radius 2 is 2.19 bits per heavy atom. The van der Waals surface area contributed by atoms with Crippen LogP contribution in [0.5, 0.6) is 5.75 Å². The fourth-order valence-electron chi connectivity index (χ4n) is 2.31. The average Bonchev–Trinajstić information content (AvgIpc) is 2.95. The van der Waals surface area contributed by atoms with Crippen LogP contribution in [0.1, 0.15) is 13.3 Å². The van der Waals surface area contributed by atoms with Crippen LogP contribution in [0.25, 0.3) is 0 Å². The van der Waals surface area contributed by atoms with Crippen LogP contribution in [0.3, 0.4) is 0 Å². The van der Waals surface area contributed by atoms with Crippen molar-refractivity contribution in [2.75, 3.05) is 19.7 Å². The molecule has 1 aromatic rings. The average molecular weight is 294 g/mol. The van der Waals surface area contributed by atoms with Gasteiger partial charge in [-0.05, 0) is 25.5 Å². The molecule has 0 aromatic heterocycles. The summed E-state index contributed by atoms with van der Waals surface area (Å²) in [5.74, 6) is 0.394. The first-order valence-electron chi connectivity index (χ1n) is 6.80. The van der Waals surface area contributed by atoms with Gasteiger partial charge in [-0.3, -0.25) is 14.9 Å². The second-order valence-electron chi connectivity index (χ2n) is 5.17. The molecular formula is C14H18N2O5. The molecule has 114 valence electrons. The van der Waals surface area contributed by atoms with Gasteiger partial charge >= 0.3 is 0 Å². The van der Waals surface area contributed by atoms with Gasteiger partial charge in [0.1, 0.15) is 5.75 Å². The number of non-ortho nitro benzene ring substituents is 1. The number of aliphatic hydroxyl groups is 1. The summed E-state index contributed by atoms with van der Waals surface area (Å²) in [4.78, 5) is 23.7. The van der Waals surface area contributed by atoms with Crippen molar-refractivity contribution in [2.45, 2.75) is 19.4 Å². The zero-order valence-corrected chi connectivity index (χ0v) is 11.8. The first kappa shape index (κ1) is 15.2. The number of rotatable bonds is 5. The first-order valence-corrected chi connectivity index (χ1v) is 6.80. The van der Waals surface area contributed by atoms with Gasteiger partial charge in [0.05, 0.1) is 11.0 Å². The summed E-state index contributed by atoms with van der Waals surface area (Å²) >= 11 is 0. The van der Waals surface area contributed by atoms with Gasteiger partial charge in [0, 0.05) is 31.1 Å². The summed E-state index contributed by atoms with van der Waals surface area (Å²) in [5, 5.41) is 20.0. The van der Waals surface area contributed by atoms with E-state index in [1.165, 1.54) is 24.3 Å². The molecule has 2 unspecified atom stereocenters. The van der Waals surface area contributed by atoms with E-state index in [4.69, 9.17) is 4.74 Å². The predicted molar refractivity (Wildman–Crippen MR) is 75.0 cm³/mol. The quantitative estimate of drug-likeness (QED) is 0.650. The Kier molecular flexibility index (Phi) is 4.74. The maximum absolute atomic E-state index is 12.0. The van der Waals surface area contributed by atoms with E-state index in [2.05, 4.69) is 0 Å². The third-order valence-electron chi connectivity index (χ3n) is 3.67. The molecule has 1 saturated heterocycles. The van der Waals surface area contributed by atoms with Gasteiger partial charge in [-0.25, -0.2) is 0 Å². The SMILES string of the molecule is CC(O)C1CCN(C(=O)COc2ccc([N+](=O)[O-])cc2)C1. The summed E-state index contributed by atoms with van der Waals surface area (Å²) in [6.45, 7) is 2.79. The van der Waals surface area contributed by atoms with Gasteiger partial charge in [0.15, 0.2) is 6.61 Å². The fourth-order valence-corrected chi connectivity index (χ4v) is 2.31. The van der Waals surface area contributed by atoms with Crippen molar-refractivity contribution in [3.8, 4) is 5.75 Å². The summed E-state index contributed by atoms with van der Waals surface area (Å²) < 4.78 is 5.33. The van der Waals surface area contributed by atoms with Crippen molar-refractivity contribution in [3.05, 3.63) is 34.4 Å². The minimum absolute atomic E-state index is 0.0204. The lowest BCUT2D eigenvalue weighted by molar-refractivity contribution is -0.384. The zero-order chi connectivity index (χ0) is 15.4. The van der Waals surface area contributed by atoms with E-state index in [9.17, 15) is 20.0 Å². The summed E-state index contributed by atoms with van der Waals surface area (Å²) in [6, 6.07) is 5.60. The Morgan fingerprint density at radius 3 is 2.71 bits per heavy atom. The standard InChI is InChI=1S/C14H18N2O5/c1-10(17)11-6-7-15(8-11)14(18)9-21-13-4-2-12(3-5-13)16(19)20/h2-5,10-11,17H,6-9H2,1H3. The van der Waals surface area contributed by atoms with Crippen molar-refractivity contribution in [1.82, 2.24) is 4.90 Å². The number of ether oxygens (including phenoxy) is 1. The van der Waals surface area contributed by atoms with Gasteiger partial charge in [-0.15, -0.1) is 0 Å². The predicted octanol–water partition coefficient (Wildman–Crippen LogP) is 1.20. The van der Waals surface area contributed by atoms with E-state index in [1.807, 2.05) is 0 Å². The zero-order valence-electron chi connectivity index (χ0n) is 11.8. The van der Waals surface area contributed by atoms with Crippen molar-refractivity contribution in [1.29, 1.82) is 0 Å². The smallest absolute Gasteiger partial charge is 0.269 e. The molecule has 21 heavy (non-hydrogen) atoms. The fraction of sp³-hybridized carbons (Fsp3) is 0.500. The van der Waals surface area contributed by atoms with Crippen molar-refractivity contribution in [3.63, 3.8) is 0 Å². The number of benzene rings is 1. The molecule has 1 amide bonds. The molecule has 7 heteroatoms. The molecular weight excluding hydrogens is 276 g/mol.